The van der Waals surface area contributed by atoms with Gasteiger partial charge in [-0.05, 0) is 92.0 Å². The quantitative estimate of drug-likeness (QED) is 0.0637. The van der Waals surface area contributed by atoms with Crippen molar-refractivity contribution in [2.45, 2.75) is 83.7 Å². The molecule has 4 N–H and O–H groups in total. The predicted molar refractivity (Wildman–Crippen MR) is 314 cm³/mol. The standard InChI is InChI=1S/C60H69F3N12O6S2/c1-35(2)53(60(79)75-33-45(76)27-51(75)59(78)67-36(3)39-6-8-41(9-7-39)57-37(4)66-34-82-57)50-28-52(70(5)68-50)73-24-22-71(23-25-73)31-38-16-19-72(20-17-38)44-12-10-40(11-13-44)42-26-46-47(30-65-58(46)64-29-42)56(77)54-48(62)14-15-49(55(54)63)69-83(80,81)74-21-18-43(61)32-74/h6-15,26,28-30,34-36,38,43,45,51,53,69,76H,16-25,27,31-33H2,1-5H3,(H,64,65)(H,67,78)/t36-,43+,45+,51-,53+/m0/s1. The van der Waals surface area contributed by atoms with Crippen LogP contribution in [0, 0.1) is 30.4 Å². The highest BCUT2D eigenvalue weighted by atomic mass is 32.2. The number of anilines is 3. The van der Waals surface area contributed by atoms with E-state index >= 15 is 8.78 Å². The van der Waals surface area contributed by atoms with Gasteiger partial charge in [0, 0.05) is 120 Å². The van der Waals surface area contributed by atoms with Crippen molar-refractivity contribution in [1.29, 1.82) is 0 Å². The van der Waals surface area contributed by atoms with Gasteiger partial charge in [-0.15, -0.1) is 11.3 Å². The third-order valence-corrected chi connectivity index (χ3v) is 19.4. The molecule has 438 valence electrons. The van der Waals surface area contributed by atoms with Crippen molar-refractivity contribution in [1.82, 2.24) is 44.2 Å². The summed E-state index contributed by atoms with van der Waals surface area (Å²) < 4.78 is 75.4. The van der Waals surface area contributed by atoms with Crippen molar-refractivity contribution in [2.24, 2.45) is 18.9 Å². The number of aliphatic hydroxyl groups excluding tert-OH is 1. The van der Waals surface area contributed by atoms with Gasteiger partial charge in [-0.2, -0.15) is 17.8 Å². The molecule has 11 rings (SSSR count). The molecular weight excluding hydrogens is 1110 g/mol. The third kappa shape index (κ3) is 12.0. The number of amides is 2. The van der Waals surface area contributed by atoms with E-state index < -0.39 is 69.7 Å². The first kappa shape index (κ1) is 57.6. The van der Waals surface area contributed by atoms with Gasteiger partial charge in [-0.3, -0.25) is 28.7 Å². The monoisotopic (exact) mass is 1170 g/mol. The van der Waals surface area contributed by atoms with Crippen molar-refractivity contribution in [2.75, 3.05) is 80.0 Å². The summed E-state index contributed by atoms with van der Waals surface area (Å²) in [6.45, 7) is 13.7. The molecule has 2 amide bonds. The average Bonchev–Trinajstić information content (AvgIpc) is 4.38. The molecule has 18 nitrogen and oxygen atoms in total. The van der Waals surface area contributed by atoms with E-state index in [2.05, 4.69) is 51.8 Å². The number of carbonyl (C=O) groups is 3. The summed E-state index contributed by atoms with van der Waals surface area (Å²) in [6, 6.07) is 20.5. The number of thiazole rings is 1. The Morgan fingerprint density at radius 1 is 0.855 bits per heavy atom. The summed E-state index contributed by atoms with van der Waals surface area (Å²) in [5, 5.41) is 19.2. The SMILES string of the molecule is Cc1ncsc1-c1ccc([C@H](C)NC(=O)[C@@H]2C[C@@H](O)CN2C(=O)[C@@H](c2cc(N3CCN(CC4CCN(c5ccc(-c6cnc7[nH]cc(C(=O)c8c(F)ccc(NS(=O)(=O)N9CC[C@@H](F)C9)c8F)c7c6)cc5)CC4)CC3)n(C)n2)C(C)C)cc1. The number of aromatic amines is 1. The number of nitrogens with one attached hydrogen (secondary N) is 3. The molecule has 0 unspecified atom stereocenters. The fourth-order valence-electron chi connectivity index (χ4n) is 12.3. The summed E-state index contributed by atoms with van der Waals surface area (Å²) in [7, 11) is -2.46. The Hall–Kier alpha value is -7.18. The Balaban J connectivity index is 0.666. The Morgan fingerprint density at radius 2 is 1.58 bits per heavy atom. The van der Waals surface area contributed by atoms with Gasteiger partial charge < -0.3 is 30.1 Å². The number of carbonyl (C=O) groups excluding carboxylic acids is 3. The molecule has 0 saturated carbocycles. The Labute approximate surface area is 484 Å². The van der Waals surface area contributed by atoms with E-state index in [1.807, 2.05) is 87.4 Å². The van der Waals surface area contributed by atoms with Crippen LogP contribution in [-0.2, 0) is 26.8 Å². The van der Waals surface area contributed by atoms with E-state index in [0.29, 0.717) is 28.2 Å². The molecule has 0 radical (unpaired) electrons. The van der Waals surface area contributed by atoms with Gasteiger partial charge in [0.15, 0.2) is 5.82 Å². The summed E-state index contributed by atoms with van der Waals surface area (Å²) in [6.07, 6.45) is 3.03. The summed E-state index contributed by atoms with van der Waals surface area (Å²) in [4.78, 5) is 64.0. The molecule has 3 aromatic carbocycles. The Kier molecular flexibility index (Phi) is 16.5. The van der Waals surface area contributed by atoms with Crippen LogP contribution in [0.3, 0.4) is 0 Å². The van der Waals surface area contributed by atoms with Crippen LogP contribution >= 0.6 is 11.3 Å². The lowest BCUT2D eigenvalue weighted by molar-refractivity contribution is -0.140. The van der Waals surface area contributed by atoms with E-state index in [4.69, 9.17) is 5.10 Å². The fraction of sp³-hybridized carbons (Fsp3) is 0.433. The molecule has 5 atom stereocenters. The number of fused-ring (bicyclic) bond motifs is 1. The number of likely N-dealkylation sites (tertiary alicyclic amines) is 1. The summed E-state index contributed by atoms with van der Waals surface area (Å²) >= 11 is 1.59. The van der Waals surface area contributed by atoms with E-state index in [0.717, 1.165) is 114 Å². The van der Waals surface area contributed by atoms with Crippen molar-refractivity contribution in [3.8, 4) is 21.6 Å². The van der Waals surface area contributed by atoms with E-state index in [9.17, 15) is 32.3 Å². The lowest BCUT2D eigenvalue weighted by Gasteiger charge is -2.40. The van der Waals surface area contributed by atoms with Gasteiger partial charge >= 0.3 is 10.2 Å². The molecule has 83 heavy (non-hydrogen) atoms. The Bertz CT molecular complexity index is 3630. The molecular formula is C60H69F3N12O6S2. The van der Waals surface area contributed by atoms with E-state index in [1.54, 1.807) is 28.5 Å². The van der Waals surface area contributed by atoms with Crippen LogP contribution in [0.25, 0.3) is 32.6 Å². The number of ketones is 1. The number of rotatable bonds is 17. The number of aromatic nitrogens is 5. The average molecular weight is 1180 g/mol. The maximum Gasteiger partial charge on any atom is 0.301 e. The van der Waals surface area contributed by atoms with Crippen LogP contribution in [0.2, 0.25) is 0 Å². The number of hydrogen-bond acceptors (Lipinski definition) is 13. The molecule has 0 bridgehead atoms. The number of piperidine rings is 1. The first-order chi connectivity index (χ1) is 39.8. The van der Waals surface area contributed by atoms with Crippen LogP contribution in [0.15, 0.2) is 90.7 Å². The van der Waals surface area contributed by atoms with Gasteiger partial charge in [0.1, 0.15) is 29.5 Å². The fourth-order valence-corrected chi connectivity index (χ4v) is 14.3. The van der Waals surface area contributed by atoms with Gasteiger partial charge in [-0.1, -0.05) is 50.2 Å². The van der Waals surface area contributed by atoms with Crippen LogP contribution in [0.1, 0.15) is 91.3 Å². The van der Waals surface area contributed by atoms with Crippen LogP contribution in [0.5, 0.6) is 0 Å². The number of alkyl halides is 1. The zero-order valence-corrected chi connectivity index (χ0v) is 48.7. The molecule has 8 heterocycles. The van der Waals surface area contributed by atoms with Gasteiger partial charge in [0.05, 0.1) is 51.1 Å². The number of H-pyrrole nitrogens is 1. The molecule has 4 fully saturated rings. The lowest BCUT2D eigenvalue weighted by atomic mass is 9.90. The second-order valence-corrected chi connectivity index (χ2v) is 25.4. The van der Waals surface area contributed by atoms with Crippen molar-refractivity contribution < 1.29 is 41.1 Å². The number of aliphatic hydroxyl groups is 1. The first-order valence-corrected chi connectivity index (χ1v) is 30.7. The van der Waals surface area contributed by atoms with E-state index in [1.165, 1.54) is 6.20 Å². The molecule has 4 aromatic heterocycles. The van der Waals surface area contributed by atoms with Crippen molar-refractivity contribution in [3.05, 3.63) is 130 Å². The highest BCUT2D eigenvalue weighted by molar-refractivity contribution is 7.90. The van der Waals surface area contributed by atoms with Gasteiger partial charge in [0.2, 0.25) is 17.6 Å². The number of hydrogen-bond donors (Lipinski definition) is 4. The van der Waals surface area contributed by atoms with E-state index in [-0.39, 0.29) is 55.3 Å². The largest absolute Gasteiger partial charge is 0.391 e. The molecule has 0 aliphatic carbocycles. The predicted octanol–water partition coefficient (Wildman–Crippen LogP) is 8.22. The van der Waals surface area contributed by atoms with Gasteiger partial charge in [-0.25, -0.2) is 23.1 Å². The number of halogens is 3. The number of nitrogens with zero attached hydrogens (tertiary/aromatic N) is 9. The molecule has 4 aliphatic rings. The van der Waals surface area contributed by atoms with Crippen LogP contribution in [-0.4, -0.2) is 154 Å². The molecule has 23 heteroatoms. The maximum atomic E-state index is 15.9. The maximum absolute atomic E-state index is 15.9. The van der Waals surface area contributed by atoms with Gasteiger partial charge in [0.25, 0.3) is 0 Å². The minimum atomic E-state index is -4.37. The first-order valence-electron chi connectivity index (χ1n) is 28.4. The number of piperazine rings is 1. The number of β-amino-alcohol motifs (C(OH)–C–C–N with tert-alkyl or cyclic N) is 1. The summed E-state index contributed by atoms with van der Waals surface area (Å²) in [5.74, 6) is -3.32. The van der Waals surface area contributed by atoms with Crippen LogP contribution in [0.4, 0.5) is 30.4 Å². The third-order valence-electron chi connectivity index (χ3n) is 16.9. The molecule has 7 aromatic rings. The Morgan fingerprint density at radius 3 is 2.25 bits per heavy atom. The second kappa shape index (κ2) is 23.8. The molecule has 0 spiro atoms. The molecule has 4 saturated heterocycles. The zero-order valence-electron chi connectivity index (χ0n) is 47.1. The highest BCUT2D eigenvalue weighted by Crippen LogP contribution is 2.36. The minimum absolute atomic E-state index is 0.000878. The smallest absolute Gasteiger partial charge is 0.301 e. The number of aryl methyl sites for hydroxylation is 2. The van der Waals surface area contributed by atoms with Crippen molar-refractivity contribution in [3.63, 3.8) is 0 Å². The zero-order chi connectivity index (χ0) is 58.4. The number of pyridine rings is 1. The summed E-state index contributed by atoms with van der Waals surface area (Å²) in [5.41, 5.74) is 6.74. The van der Waals surface area contributed by atoms with Crippen molar-refractivity contribution >= 4 is 67.4 Å². The van der Waals surface area contributed by atoms with Crippen LogP contribution < -0.4 is 19.8 Å². The number of benzene rings is 3. The normalized spacial score (nSPS) is 20.2. The highest BCUT2D eigenvalue weighted by Gasteiger charge is 2.44. The minimum Gasteiger partial charge on any atom is -0.391 e. The lowest BCUT2D eigenvalue weighted by Crippen LogP contribution is -2.49. The second-order valence-electron chi connectivity index (χ2n) is 22.8. The molecule has 4 aliphatic heterocycles. The topological polar surface area (TPSA) is 205 Å².